The zero-order valence-corrected chi connectivity index (χ0v) is 11.4. The third-order valence-electron chi connectivity index (χ3n) is 3.00. The first-order chi connectivity index (χ1) is 8.86. The van der Waals surface area contributed by atoms with Gasteiger partial charge in [0.2, 0.25) is 5.91 Å². The number of carbonyl (C=O) groups excluding carboxylic acids is 1. The lowest BCUT2D eigenvalue weighted by molar-refractivity contribution is -0.120. The highest BCUT2D eigenvalue weighted by atomic mass is 16.4. The van der Waals surface area contributed by atoms with E-state index < -0.39 is 5.97 Å². The van der Waals surface area contributed by atoms with Crippen LogP contribution in [-0.2, 0) is 4.79 Å². The first-order valence-electron chi connectivity index (χ1n) is 5.92. The van der Waals surface area contributed by atoms with E-state index in [-0.39, 0.29) is 17.2 Å². The van der Waals surface area contributed by atoms with Crippen LogP contribution in [0, 0.1) is 6.92 Å². The summed E-state index contributed by atoms with van der Waals surface area (Å²) in [7, 11) is 3.39. The van der Waals surface area contributed by atoms with Crippen LogP contribution in [0.25, 0.3) is 0 Å². The van der Waals surface area contributed by atoms with Gasteiger partial charge in [-0.15, -0.1) is 0 Å². The Morgan fingerprint density at radius 2 is 2.05 bits per heavy atom. The molecule has 0 saturated heterocycles. The summed E-state index contributed by atoms with van der Waals surface area (Å²) in [6.45, 7) is 2.26. The molecule has 0 heterocycles. The quantitative estimate of drug-likeness (QED) is 0.686. The van der Waals surface area contributed by atoms with Crippen molar-refractivity contribution in [2.75, 3.05) is 31.3 Å². The number of nitrogens with zero attached hydrogens (tertiary/aromatic N) is 1. The molecule has 0 aliphatic heterocycles. The van der Waals surface area contributed by atoms with Crippen LogP contribution in [0.4, 0.5) is 11.4 Å². The first-order valence-corrected chi connectivity index (χ1v) is 5.92. The smallest absolute Gasteiger partial charge is 0.337 e. The van der Waals surface area contributed by atoms with E-state index in [1.807, 2.05) is 11.0 Å². The molecule has 0 spiro atoms. The number of nitrogens with one attached hydrogen (secondary N) is 1. The van der Waals surface area contributed by atoms with Gasteiger partial charge in [-0.05, 0) is 24.6 Å². The Morgan fingerprint density at radius 3 is 2.58 bits per heavy atom. The second kappa shape index (κ2) is 6.08. The van der Waals surface area contributed by atoms with E-state index in [4.69, 9.17) is 10.8 Å². The second-order valence-electron chi connectivity index (χ2n) is 4.37. The maximum absolute atomic E-state index is 11.2. The number of rotatable bonds is 5. The Balaban J connectivity index is 2.94. The van der Waals surface area contributed by atoms with Gasteiger partial charge >= 0.3 is 5.97 Å². The van der Waals surface area contributed by atoms with Gasteiger partial charge in [-0.1, -0.05) is 0 Å². The van der Waals surface area contributed by atoms with Gasteiger partial charge in [0.1, 0.15) is 0 Å². The van der Waals surface area contributed by atoms with Crippen molar-refractivity contribution in [3.63, 3.8) is 0 Å². The van der Waals surface area contributed by atoms with Crippen LogP contribution in [-0.4, -0.2) is 37.6 Å². The molecule has 0 aliphatic carbocycles. The molecule has 6 heteroatoms. The minimum atomic E-state index is -1.05. The Kier molecular flexibility index (Phi) is 4.74. The number of hydrogen-bond donors (Lipinski definition) is 3. The molecule has 0 bridgehead atoms. The summed E-state index contributed by atoms with van der Waals surface area (Å²) in [4.78, 5) is 24.1. The highest BCUT2D eigenvalue weighted by molar-refractivity contribution is 5.95. The van der Waals surface area contributed by atoms with Crippen LogP contribution in [0.15, 0.2) is 12.1 Å². The van der Waals surface area contributed by atoms with Crippen LogP contribution in [0.1, 0.15) is 22.3 Å². The highest BCUT2D eigenvalue weighted by Crippen LogP contribution is 2.25. The topological polar surface area (TPSA) is 95.7 Å². The van der Waals surface area contributed by atoms with Crippen molar-refractivity contribution in [2.24, 2.45) is 0 Å². The zero-order chi connectivity index (χ0) is 14.6. The van der Waals surface area contributed by atoms with Crippen molar-refractivity contribution in [3.8, 4) is 0 Å². The van der Waals surface area contributed by atoms with Crippen LogP contribution >= 0.6 is 0 Å². The molecule has 0 aliphatic rings. The first kappa shape index (κ1) is 14.8. The lowest BCUT2D eigenvalue weighted by Gasteiger charge is -2.20. The molecule has 104 valence electrons. The van der Waals surface area contributed by atoms with Crippen LogP contribution in [0.5, 0.6) is 0 Å². The number of hydrogen-bond acceptors (Lipinski definition) is 4. The molecule has 0 saturated carbocycles. The molecule has 1 aromatic rings. The number of nitrogens with two attached hydrogens (primary N) is 1. The normalized spacial score (nSPS) is 10.1. The van der Waals surface area contributed by atoms with E-state index >= 15 is 0 Å². The van der Waals surface area contributed by atoms with Gasteiger partial charge in [-0.3, -0.25) is 4.79 Å². The Hall–Kier alpha value is -2.24. The van der Waals surface area contributed by atoms with Crippen LogP contribution in [0.3, 0.4) is 0 Å². The summed E-state index contributed by atoms with van der Waals surface area (Å²) in [5.74, 6) is -1.11. The third kappa shape index (κ3) is 3.61. The zero-order valence-electron chi connectivity index (χ0n) is 11.4. The van der Waals surface area contributed by atoms with E-state index in [2.05, 4.69) is 5.32 Å². The number of benzene rings is 1. The molecular weight excluding hydrogens is 246 g/mol. The predicted molar refractivity (Wildman–Crippen MR) is 74.5 cm³/mol. The summed E-state index contributed by atoms with van der Waals surface area (Å²) < 4.78 is 0. The lowest BCUT2D eigenvalue weighted by Crippen LogP contribution is -2.26. The number of anilines is 2. The van der Waals surface area contributed by atoms with E-state index in [1.54, 1.807) is 21.0 Å². The molecule has 19 heavy (non-hydrogen) atoms. The average Bonchev–Trinajstić information content (AvgIpc) is 2.37. The van der Waals surface area contributed by atoms with Crippen molar-refractivity contribution >= 4 is 23.3 Å². The molecule has 1 rings (SSSR count). The molecule has 1 amide bonds. The largest absolute Gasteiger partial charge is 0.478 e. The van der Waals surface area contributed by atoms with Gasteiger partial charge in [0.25, 0.3) is 0 Å². The number of nitrogen functional groups attached to an aromatic ring is 1. The van der Waals surface area contributed by atoms with Crippen molar-refractivity contribution in [1.29, 1.82) is 0 Å². The van der Waals surface area contributed by atoms with Gasteiger partial charge in [-0.2, -0.15) is 0 Å². The average molecular weight is 265 g/mol. The van der Waals surface area contributed by atoms with Crippen LogP contribution in [0.2, 0.25) is 0 Å². The van der Waals surface area contributed by atoms with Gasteiger partial charge in [0.05, 0.1) is 5.56 Å². The second-order valence-corrected chi connectivity index (χ2v) is 4.37. The summed E-state index contributed by atoms with van der Waals surface area (Å²) in [6, 6.07) is 3.33. The van der Waals surface area contributed by atoms with Gasteiger partial charge in [-0.25, -0.2) is 4.79 Å². The summed E-state index contributed by atoms with van der Waals surface area (Å²) >= 11 is 0. The molecule has 0 unspecified atom stereocenters. The number of aromatic carboxylic acids is 1. The van der Waals surface area contributed by atoms with Crippen molar-refractivity contribution in [2.45, 2.75) is 13.3 Å². The maximum Gasteiger partial charge on any atom is 0.337 e. The van der Waals surface area contributed by atoms with Gasteiger partial charge < -0.3 is 21.1 Å². The number of carboxylic acid groups (broad SMARTS) is 1. The van der Waals surface area contributed by atoms with Gasteiger partial charge in [0.15, 0.2) is 0 Å². The third-order valence-corrected chi connectivity index (χ3v) is 3.00. The SMILES string of the molecule is CNC(=O)CCN(C)c1cc(C)c(N)c(C(=O)O)c1. The predicted octanol–water partition coefficient (Wildman–Crippen LogP) is 0.848. The Labute approximate surface area is 112 Å². The standard InChI is InChI=1S/C13H19N3O3/c1-8-6-9(7-10(12(8)14)13(18)19)16(3)5-4-11(17)15-2/h6-7H,4-5,14H2,1-3H3,(H,15,17)(H,18,19). The van der Waals surface area contributed by atoms with E-state index in [0.29, 0.717) is 18.5 Å². The van der Waals surface area contributed by atoms with Crippen molar-refractivity contribution in [1.82, 2.24) is 5.32 Å². The van der Waals surface area contributed by atoms with E-state index in [0.717, 1.165) is 5.69 Å². The molecular formula is C13H19N3O3. The van der Waals surface area contributed by atoms with Gasteiger partial charge in [0, 0.05) is 38.4 Å². The highest BCUT2D eigenvalue weighted by Gasteiger charge is 2.14. The minimum Gasteiger partial charge on any atom is -0.478 e. The number of amides is 1. The summed E-state index contributed by atoms with van der Waals surface area (Å²) in [5, 5.41) is 11.6. The number of carboxylic acids is 1. The Morgan fingerprint density at radius 1 is 1.42 bits per heavy atom. The molecule has 1 aromatic carbocycles. The molecule has 0 atom stereocenters. The fourth-order valence-corrected chi connectivity index (χ4v) is 1.70. The fourth-order valence-electron chi connectivity index (χ4n) is 1.70. The van der Waals surface area contributed by atoms with Crippen molar-refractivity contribution < 1.29 is 14.7 Å². The monoisotopic (exact) mass is 265 g/mol. The van der Waals surface area contributed by atoms with E-state index in [9.17, 15) is 9.59 Å². The summed E-state index contributed by atoms with van der Waals surface area (Å²) in [6.07, 6.45) is 0.346. The molecule has 0 aromatic heterocycles. The molecule has 4 N–H and O–H groups in total. The summed E-state index contributed by atoms with van der Waals surface area (Å²) in [5.41, 5.74) is 7.53. The minimum absolute atomic E-state index is 0.0579. The molecule has 0 radical (unpaired) electrons. The molecule has 6 nitrogen and oxygen atoms in total. The van der Waals surface area contributed by atoms with Crippen molar-refractivity contribution in [3.05, 3.63) is 23.3 Å². The van der Waals surface area contributed by atoms with Crippen LogP contribution < -0.4 is 16.0 Å². The number of carbonyl (C=O) groups is 2. The van der Waals surface area contributed by atoms with E-state index in [1.165, 1.54) is 6.07 Å². The fraction of sp³-hybridized carbons (Fsp3) is 0.385. The number of aryl methyl sites for hydroxylation is 1. The molecule has 0 fully saturated rings. The maximum atomic E-state index is 11.2. The lowest BCUT2D eigenvalue weighted by atomic mass is 10.1. The Bertz CT molecular complexity index is 500.